The van der Waals surface area contributed by atoms with Crippen LogP contribution in [0.4, 0.5) is 0 Å². The van der Waals surface area contributed by atoms with Gasteiger partial charge in [-0.05, 0) is 36.2 Å². The monoisotopic (exact) mass is 238 g/mol. The van der Waals surface area contributed by atoms with Gasteiger partial charge < -0.3 is 5.73 Å². The Balaban J connectivity index is 2.07. The summed E-state index contributed by atoms with van der Waals surface area (Å²) < 4.78 is 0.787. The van der Waals surface area contributed by atoms with Gasteiger partial charge in [0.15, 0.2) is 0 Å². The Bertz CT molecular complexity index is 427. The lowest BCUT2D eigenvalue weighted by Crippen LogP contribution is -2.11. The molecular formula is C11H11ClN2S. The van der Waals surface area contributed by atoms with Gasteiger partial charge in [-0.1, -0.05) is 11.6 Å². The van der Waals surface area contributed by atoms with Crippen molar-refractivity contribution in [3.05, 3.63) is 51.4 Å². The van der Waals surface area contributed by atoms with E-state index in [4.69, 9.17) is 17.3 Å². The van der Waals surface area contributed by atoms with Gasteiger partial charge in [-0.25, -0.2) is 0 Å². The van der Waals surface area contributed by atoms with Crippen molar-refractivity contribution in [1.82, 2.24) is 4.98 Å². The lowest BCUT2D eigenvalue weighted by atomic mass is 10.1. The molecule has 0 bridgehead atoms. The highest BCUT2D eigenvalue weighted by Crippen LogP contribution is 2.27. The van der Waals surface area contributed by atoms with Crippen molar-refractivity contribution >= 4 is 22.9 Å². The minimum atomic E-state index is 0.0184. The number of pyridine rings is 1. The first-order valence-corrected chi connectivity index (χ1v) is 5.85. The topological polar surface area (TPSA) is 38.9 Å². The highest BCUT2D eigenvalue weighted by molar-refractivity contribution is 7.16. The molecule has 0 spiro atoms. The highest BCUT2D eigenvalue weighted by Gasteiger charge is 2.09. The quantitative estimate of drug-likeness (QED) is 0.893. The summed E-state index contributed by atoms with van der Waals surface area (Å²) in [6.45, 7) is 0. The minimum absolute atomic E-state index is 0.0184. The fraction of sp³-hybridized carbons (Fsp3) is 0.182. The Hall–Kier alpha value is -0.900. The van der Waals surface area contributed by atoms with Crippen LogP contribution in [0.3, 0.4) is 0 Å². The maximum Gasteiger partial charge on any atom is 0.0931 e. The van der Waals surface area contributed by atoms with Crippen LogP contribution in [0.5, 0.6) is 0 Å². The summed E-state index contributed by atoms with van der Waals surface area (Å²) in [5, 5.41) is 0. The van der Waals surface area contributed by atoms with E-state index in [1.807, 2.05) is 24.3 Å². The van der Waals surface area contributed by atoms with Crippen LogP contribution in [-0.4, -0.2) is 4.98 Å². The average molecular weight is 239 g/mol. The van der Waals surface area contributed by atoms with Crippen molar-refractivity contribution in [2.45, 2.75) is 12.5 Å². The molecule has 15 heavy (non-hydrogen) atoms. The van der Waals surface area contributed by atoms with Crippen LogP contribution < -0.4 is 5.73 Å². The van der Waals surface area contributed by atoms with Gasteiger partial charge in [0.25, 0.3) is 0 Å². The van der Waals surface area contributed by atoms with Gasteiger partial charge in [0.2, 0.25) is 0 Å². The lowest BCUT2D eigenvalue weighted by Gasteiger charge is -2.08. The number of hydrogen-bond donors (Lipinski definition) is 1. The summed E-state index contributed by atoms with van der Waals surface area (Å²) in [5.74, 6) is 0. The lowest BCUT2D eigenvalue weighted by molar-refractivity contribution is 0.735. The molecule has 0 aliphatic rings. The van der Waals surface area contributed by atoms with Gasteiger partial charge >= 0.3 is 0 Å². The summed E-state index contributed by atoms with van der Waals surface area (Å²) in [4.78, 5) is 5.09. The smallest absolute Gasteiger partial charge is 0.0931 e. The molecule has 1 atom stereocenters. The van der Waals surface area contributed by atoms with Gasteiger partial charge in [-0.2, -0.15) is 0 Å². The largest absolute Gasteiger partial charge is 0.323 e. The van der Waals surface area contributed by atoms with Crippen LogP contribution in [0.15, 0.2) is 36.7 Å². The van der Waals surface area contributed by atoms with Gasteiger partial charge in [-0.15, -0.1) is 11.3 Å². The molecule has 0 amide bonds. The predicted molar refractivity (Wildman–Crippen MR) is 64.2 cm³/mol. The molecule has 2 nitrogen and oxygen atoms in total. The van der Waals surface area contributed by atoms with Crippen LogP contribution in [0, 0.1) is 0 Å². The Morgan fingerprint density at radius 2 is 2.00 bits per heavy atom. The number of nitrogens with zero attached hydrogens (tertiary/aromatic N) is 1. The maximum atomic E-state index is 6.07. The predicted octanol–water partition coefficient (Wildman–Crippen LogP) is 3.04. The van der Waals surface area contributed by atoms with Crippen LogP contribution in [0.1, 0.15) is 16.5 Å². The molecule has 1 unspecified atom stereocenters. The molecule has 0 saturated carbocycles. The van der Waals surface area contributed by atoms with Crippen molar-refractivity contribution in [3.63, 3.8) is 0 Å². The van der Waals surface area contributed by atoms with Crippen molar-refractivity contribution in [1.29, 1.82) is 0 Å². The summed E-state index contributed by atoms with van der Waals surface area (Å²) in [6.07, 6.45) is 4.38. The fourth-order valence-corrected chi connectivity index (χ4v) is 2.46. The van der Waals surface area contributed by atoms with Gasteiger partial charge in [-0.3, -0.25) is 4.98 Å². The third kappa shape index (κ3) is 2.78. The summed E-state index contributed by atoms with van der Waals surface area (Å²) in [5.41, 5.74) is 7.27. The van der Waals surface area contributed by atoms with E-state index in [9.17, 15) is 0 Å². The van der Waals surface area contributed by atoms with E-state index < -0.39 is 0 Å². The molecule has 2 N–H and O–H groups in total. The Kier molecular flexibility index (Phi) is 3.36. The van der Waals surface area contributed by atoms with Crippen molar-refractivity contribution < 1.29 is 0 Å². The van der Waals surface area contributed by atoms with Crippen molar-refractivity contribution in [3.8, 4) is 0 Å². The standard InChI is InChI=1S/C11H11ClN2S/c12-11-2-1-10(15-11)9(13)7-8-3-5-14-6-4-8/h1-6,9H,7,13H2. The zero-order chi connectivity index (χ0) is 10.7. The number of aromatic nitrogens is 1. The fourth-order valence-electron chi connectivity index (χ4n) is 1.40. The molecule has 0 aliphatic carbocycles. The van der Waals surface area contributed by atoms with Crippen LogP contribution in [0.2, 0.25) is 4.34 Å². The first kappa shape index (κ1) is 10.6. The molecule has 0 aliphatic heterocycles. The average Bonchev–Trinajstić information content (AvgIpc) is 2.66. The van der Waals surface area contributed by atoms with E-state index in [-0.39, 0.29) is 6.04 Å². The number of hydrogen-bond acceptors (Lipinski definition) is 3. The molecule has 0 saturated heterocycles. The normalized spacial score (nSPS) is 12.7. The summed E-state index contributed by atoms with van der Waals surface area (Å²) >= 11 is 7.40. The van der Waals surface area contributed by atoms with Crippen LogP contribution in [0.25, 0.3) is 0 Å². The second-order valence-electron chi connectivity index (χ2n) is 3.31. The summed E-state index contributed by atoms with van der Waals surface area (Å²) in [6, 6.07) is 7.85. The molecule has 4 heteroatoms. The molecular weight excluding hydrogens is 228 g/mol. The van der Waals surface area contributed by atoms with E-state index in [2.05, 4.69) is 4.98 Å². The molecule has 2 rings (SSSR count). The molecule has 0 radical (unpaired) electrons. The number of thiophene rings is 1. The minimum Gasteiger partial charge on any atom is -0.323 e. The molecule has 0 fully saturated rings. The SMILES string of the molecule is NC(Cc1ccncc1)c1ccc(Cl)s1. The molecule has 2 aromatic rings. The second-order valence-corrected chi connectivity index (χ2v) is 5.05. The van der Waals surface area contributed by atoms with E-state index in [0.29, 0.717) is 0 Å². The molecule has 0 aromatic carbocycles. The van der Waals surface area contributed by atoms with E-state index in [1.165, 1.54) is 16.9 Å². The third-order valence-corrected chi connectivity index (χ3v) is 3.53. The first-order valence-electron chi connectivity index (χ1n) is 4.65. The Labute approximate surface area is 97.7 Å². The zero-order valence-corrected chi connectivity index (χ0v) is 9.63. The second kappa shape index (κ2) is 4.75. The number of rotatable bonds is 3. The van der Waals surface area contributed by atoms with Gasteiger partial charge in [0.05, 0.1) is 4.34 Å². The molecule has 78 valence electrons. The molecule has 2 heterocycles. The van der Waals surface area contributed by atoms with Gasteiger partial charge in [0.1, 0.15) is 0 Å². The van der Waals surface area contributed by atoms with E-state index in [1.54, 1.807) is 12.4 Å². The zero-order valence-electron chi connectivity index (χ0n) is 8.06. The molecule has 2 aromatic heterocycles. The third-order valence-electron chi connectivity index (χ3n) is 2.16. The first-order chi connectivity index (χ1) is 7.25. The van der Waals surface area contributed by atoms with Crippen LogP contribution in [-0.2, 0) is 6.42 Å². The van der Waals surface area contributed by atoms with Crippen LogP contribution >= 0.6 is 22.9 Å². The van der Waals surface area contributed by atoms with Crippen molar-refractivity contribution in [2.24, 2.45) is 5.73 Å². The Morgan fingerprint density at radius 1 is 1.27 bits per heavy atom. The Morgan fingerprint density at radius 3 is 2.60 bits per heavy atom. The maximum absolute atomic E-state index is 6.07. The van der Waals surface area contributed by atoms with E-state index in [0.717, 1.165) is 15.6 Å². The summed E-state index contributed by atoms with van der Waals surface area (Å²) in [7, 11) is 0. The van der Waals surface area contributed by atoms with Gasteiger partial charge in [0, 0.05) is 23.3 Å². The number of halogens is 1. The highest BCUT2D eigenvalue weighted by atomic mass is 35.5. The number of nitrogens with two attached hydrogens (primary N) is 1. The van der Waals surface area contributed by atoms with Crippen molar-refractivity contribution in [2.75, 3.05) is 0 Å². The van der Waals surface area contributed by atoms with E-state index >= 15 is 0 Å².